The molecule has 0 saturated carbocycles. The van der Waals surface area contributed by atoms with E-state index in [1.807, 2.05) is 12.1 Å². The molecule has 1 atom stereocenters. The first kappa shape index (κ1) is 15.5. The number of nitrogens with zero attached hydrogens (tertiary/aromatic N) is 1. The predicted molar refractivity (Wildman–Crippen MR) is 72.8 cm³/mol. The molecule has 1 rings (SSSR count). The van der Waals surface area contributed by atoms with Crippen molar-refractivity contribution >= 4 is 12.0 Å². The molecule has 0 heterocycles. The summed E-state index contributed by atoms with van der Waals surface area (Å²) in [7, 11) is 0. The molecular weight excluding hydrogens is 258 g/mol. The minimum Gasteiger partial charge on any atom is -0.481 e. The molecule has 1 aromatic rings. The summed E-state index contributed by atoms with van der Waals surface area (Å²) in [6.45, 7) is 2.21. The van der Waals surface area contributed by atoms with Crippen LogP contribution in [0.1, 0.15) is 24.5 Å². The maximum Gasteiger partial charge on any atom is 0.315 e. The van der Waals surface area contributed by atoms with Gasteiger partial charge < -0.3 is 15.7 Å². The van der Waals surface area contributed by atoms with Crippen LogP contribution >= 0.6 is 0 Å². The maximum atomic E-state index is 11.5. The summed E-state index contributed by atoms with van der Waals surface area (Å²) in [4.78, 5) is 22.1. The second-order valence-electron chi connectivity index (χ2n) is 4.45. The fraction of sp³-hybridized carbons (Fsp3) is 0.357. The number of hydrogen-bond donors (Lipinski definition) is 3. The van der Waals surface area contributed by atoms with Crippen LogP contribution in [-0.4, -0.2) is 23.7 Å². The van der Waals surface area contributed by atoms with E-state index in [1.165, 1.54) is 0 Å². The average molecular weight is 275 g/mol. The largest absolute Gasteiger partial charge is 0.481 e. The Balaban J connectivity index is 2.29. The Morgan fingerprint density at radius 2 is 2.15 bits per heavy atom. The third-order valence-corrected chi connectivity index (χ3v) is 2.79. The Labute approximate surface area is 117 Å². The quantitative estimate of drug-likeness (QED) is 0.731. The molecule has 20 heavy (non-hydrogen) atoms. The van der Waals surface area contributed by atoms with Gasteiger partial charge in [-0.15, -0.1) is 0 Å². The lowest BCUT2D eigenvalue weighted by Crippen LogP contribution is -2.36. The van der Waals surface area contributed by atoms with Crippen molar-refractivity contribution in [2.75, 3.05) is 6.54 Å². The van der Waals surface area contributed by atoms with Gasteiger partial charge in [0.25, 0.3) is 0 Å². The van der Waals surface area contributed by atoms with Crippen LogP contribution in [0.5, 0.6) is 0 Å². The van der Waals surface area contributed by atoms with Gasteiger partial charge in [-0.05, 0) is 24.1 Å². The van der Waals surface area contributed by atoms with Gasteiger partial charge in [-0.25, -0.2) is 4.79 Å². The van der Waals surface area contributed by atoms with Crippen LogP contribution < -0.4 is 10.6 Å². The zero-order valence-electron chi connectivity index (χ0n) is 11.2. The van der Waals surface area contributed by atoms with Crippen molar-refractivity contribution in [3.05, 3.63) is 35.4 Å². The zero-order valence-corrected chi connectivity index (χ0v) is 11.2. The van der Waals surface area contributed by atoms with Crippen molar-refractivity contribution in [1.29, 1.82) is 5.26 Å². The zero-order chi connectivity index (χ0) is 15.0. The summed E-state index contributed by atoms with van der Waals surface area (Å²) in [5, 5.41) is 22.7. The lowest BCUT2D eigenvalue weighted by Gasteiger charge is -2.09. The van der Waals surface area contributed by atoms with Gasteiger partial charge in [0.05, 0.1) is 17.6 Å². The molecular formula is C14H17N3O3. The SMILES string of the molecule is CC(CCNC(=O)NCc1cccc(C#N)c1)C(=O)O. The Morgan fingerprint density at radius 1 is 1.40 bits per heavy atom. The number of carbonyl (C=O) groups is 2. The molecule has 0 saturated heterocycles. The van der Waals surface area contributed by atoms with Crippen molar-refractivity contribution in [2.45, 2.75) is 19.9 Å². The molecule has 0 aliphatic carbocycles. The van der Waals surface area contributed by atoms with Crippen molar-refractivity contribution in [3.8, 4) is 6.07 Å². The summed E-state index contributed by atoms with van der Waals surface area (Å²) in [5.74, 6) is -1.36. The number of carboxylic acids is 1. The van der Waals surface area contributed by atoms with Crippen LogP contribution in [0.4, 0.5) is 4.79 Å². The molecule has 6 nitrogen and oxygen atoms in total. The lowest BCUT2D eigenvalue weighted by molar-refractivity contribution is -0.141. The summed E-state index contributed by atoms with van der Waals surface area (Å²) in [6, 6.07) is 8.63. The van der Waals surface area contributed by atoms with Gasteiger partial charge in [-0.2, -0.15) is 5.26 Å². The number of benzene rings is 1. The van der Waals surface area contributed by atoms with E-state index in [4.69, 9.17) is 10.4 Å². The van der Waals surface area contributed by atoms with Gasteiger partial charge in [0, 0.05) is 13.1 Å². The highest BCUT2D eigenvalue weighted by Crippen LogP contribution is 2.03. The average Bonchev–Trinajstić information content (AvgIpc) is 2.45. The standard InChI is InChI=1S/C14H17N3O3/c1-10(13(18)19)5-6-16-14(20)17-9-12-4-2-3-11(7-12)8-15/h2-4,7,10H,5-6,9H2,1H3,(H,18,19)(H2,16,17,20). The monoisotopic (exact) mass is 275 g/mol. The van der Waals surface area contributed by atoms with Crippen LogP contribution in [-0.2, 0) is 11.3 Å². The molecule has 106 valence electrons. The predicted octanol–water partition coefficient (Wildman–Crippen LogP) is 1.47. The number of aliphatic carboxylic acids is 1. The number of carbonyl (C=O) groups excluding carboxylic acids is 1. The van der Waals surface area contributed by atoms with Crippen molar-refractivity contribution < 1.29 is 14.7 Å². The molecule has 2 amide bonds. The van der Waals surface area contributed by atoms with Gasteiger partial charge >= 0.3 is 12.0 Å². The first-order chi connectivity index (χ1) is 9.52. The summed E-state index contributed by atoms with van der Waals surface area (Å²) in [6.07, 6.45) is 0.382. The fourth-order valence-electron chi connectivity index (χ4n) is 1.52. The Kier molecular flexibility index (Phi) is 6.04. The van der Waals surface area contributed by atoms with Gasteiger partial charge in [-0.3, -0.25) is 4.79 Å². The number of urea groups is 1. The first-order valence-electron chi connectivity index (χ1n) is 6.26. The van der Waals surface area contributed by atoms with Crippen LogP contribution in [0.15, 0.2) is 24.3 Å². The first-order valence-corrected chi connectivity index (χ1v) is 6.26. The molecule has 1 aromatic carbocycles. The van der Waals surface area contributed by atoms with Gasteiger partial charge in [-0.1, -0.05) is 19.1 Å². The second-order valence-corrected chi connectivity index (χ2v) is 4.45. The van der Waals surface area contributed by atoms with Crippen LogP contribution in [0.3, 0.4) is 0 Å². The molecule has 0 bridgehead atoms. The van der Waals surface area contributed by atoms with Crippen LogP contribution in [0, 0.1) is 17.2 Å². The number of nitriles is 1. The minimum atomic E-state index is -0.875. The second kappa shape index (κ2) is 7.79. The van der Waals surface area contributed by atoms with Crippen LogP contribution in [0.25, 0.3) is 0 Å². The molecule has 0 fully saturated rings. The van der Waals surface area contributed by atoms with E-state index in [-0.39, 0.29) is 6.03 Å². The number of nitrogens with one attached hydrogen (secondary N) is 2. The smallest absolute Gasteiger partial charge is 0.315 e. The lowest BCUT2D eigenvalue weighted by atomic mass is 10.1. The van der Waals surface area contributed by atoms with E-state index in [2.05, 4.69) is 10.6 Å². The van der Waals surface area contributed by atoms with Gasteiger partial charge in [0.1, 0.15) is 0 Å². The fourth-order valence-corrected chi connectivity index (χ4v) is 1.52. The van der Waals surface area contributed by atoms with Crippen molar-refractivity contribution in [2.24, 2.45) is 5.92 Å². The van der Waals surface area contributed by atoms with E-state index in [0.717, 1.165) is 5.56 Å². The van der Waals surface area contributed by atoms with Gasteiger partial charge in [0.15, 0.2) is 0 Å². The van der Waals surface area contributed by atoms with E-state index >= 15 is 0 Å². The highest BCUT2D eigenvalue weighted by Gasteiger charge is 2.10. The third kappa shape index (κ3) is 5.40. The highest BCUT2D eigenvalue weighted by atomic mass is 16.4. The number of amides is 2. The maximum absolute atomic E-state index is 11.5. The molecule has 0 radical (unpaired) electrons. The number of rotatable bonds is 6. The molecule has 0 spiro atoms. The van der Waals surface area contributed by atoms with Crippen molar-refractivity contribution in [3.63, 3.8) is 0 Å². The van der Waals surface area contributed by atoms with E-state index in [1.54, 1.807) is 25.1 Å². The van der Waals surface area contributed by atoms with E-state index in [0.29, 0.717) is 25.1 Å². The normalized spacial score (nSPS) is 11.2. The summed E-state index contributed by atoms with van der Waals surface area (Å²) < 4.78 is 0. The number of hydrogen-bond acceptors (Lipinski definition) is 3. The minimum absolute atomic E-state index is 0.303. The molecule has 3 N–H and O–H groups in total. The molecule has 0 aliphatic rings. The third-order valence-electron chi connectivity index (χ3n) is 2.79. The van der Waals surface area contributed by atoms with E-state index < -0.39 is 11.9 Å². The molecule has 0 aliphatic heterocycles. The summed E-state index contributed by atoms with van der Waals surface area (Å²) >= 11 is 0. The molecule has 1 unspecified atom stereocenters. The Bertz CT molecular complexity index is 523. The Hall–Kier alpha value is -2.55. The topological polar surface area (TPSA) is 102 Å². The van der Waals surface area contributed by atoms with Crippen molar-refractivity contribution in [1.82, 2.24) is 10.6 Å². The van der Waals surface area contributed by atoms with Gasteiger partial charge in [0.2, 0.25) is 0 Å². The molecule has 6 heteroatoms. The van der Waals surface area contributed by atoms with E-state index in [9.17, 15) is 9.59 Å². The van der Waals surface area contributed by atoms with Crippen LogP contribution in [0.2, 0.25) is 0 Å². The summed E-state index contributed by atoms with van der Waals surface area (Å²) in [5.41, 5.74) is 1.37. The Morgan fingerprint density at radius 3 is 2.80 bits per heavy atom. The highest BCUT2D eigenvalue weighted by molar-refractivity contribution is 5.74. The number of carboxylic acid groups (broad SMARTS) is 1. The molecule has 0 aromatic heterocycles.